The van der Waals surface area contributed by atoms with E-state index in [0.29, 0.717) is 5.75 Å². The number of hydrogen-bond acceptors (Lipinski definition) is 6. The van der Waals surface area contributed by atoms with Gasteiger partial charge in [0.05, 0.1) is 13.2 Å². The maximum Gasteiger partial charge on any atom is 0.342 e. The van der Waals surface area contributed by atoms with Crippen molar-refractivity contribution >= 4 is 11.9 Å². The lowest BCUT2D eigenvalue weighted by Crippen LogP contribution is -2.52. The van der Waals surface area contributed by atoms with E-state index < -0.39 is 23.5 Å². The highest BCUT2D eigenvalue weighted by molar-refractivity contribution is 5.94. The Bertz CT molecular complexity index is 665. The minimum atomic E-state index is -1.12. The molecular formula is C17H22N2O5. The monoisotopic (exact) mass is 334 g/mol. The second kappa shape index (κ2) is 7.68. The SMILES string of the molecule is COc1ccc(C(=O)O[C@H](C)C(=O)N[C@@](C)(C#N)C(C)C)c(O)c1. The molecule has 1 aromatic rings. The molecule has 0 aliphatic rings. The molecule has 2 N–H and O–H groups in total. The molecule has 0 heterocycles. The second-order valence-electron chi connectivity index (χ2n) is 5.89. The van der Waals surface area contributed by atoms with Gasteiger partial charge in [-0.15, -0.1) is 0 Å². The summed E-state index contributed by atoms with van der Waals surface area (Å²) in [4.78, 5) is 24.2. The predicted molar refractivity (Wildman–Crippen MR) is 86.5 cm³/mol. The Labute approximate surface area is 141 Å². The van der Waals surface area contributed by atoms with Gasteiger partial charge in [0.15, 0.2) is 6.10 Å². The Hall–Kier alpha value is -2.75. The molecule has 0 aliphatic carbocycles. The molecule has 1 amide bonds. The van der Waals surface area contributed by atoms with E-state index in [4.69, 9.17) is 9.47 Å². The van der Waals surface area contributed by atoms with Crippen LogP contribution >= 0.6 is 0 Å². The number of phenolic OH excluding ortho intramolecular Hbond substituents is 1. The summed E-state index contributed by atoms with van der Waals surface area (Å²) in [6.45, 7) is 6.59. The van der Waals surface area contributed by atoms with Crippen LogP contribution in [0.15, 0.2) is 18.2 Å². The van der Waals surface area contributed by atoms with Gasteiger partial charge < -0.3 is 19.9 Å². The molecule has 0 aliphatic heterocycles. The van der Waals surface area contributed by atoms with Gasteiger partial charge in [-0.1, -0.05) is 13.8 Å². The van der Waals surface area contributed by atoms with Crippen molar-refractivity contribution in [2.75, 3.05) is 7.11 Å². The summed E-state index contributed by atoms with van der Waals surface area (Å²) in [5.74, 6) is -1.48. The first-order chi connectivity index (χ1) is 11.1. The maximum absolute atomic E-state index is 12.2. The van der Waals surface area contributed by atoms with Gasteiger partial charge >= 0.3 is 5.97 Å². The van der Waals surface area contributed by atoms with Crippen LogP contribution in [0.3, 0.4) is 0 Å². The van der Waals surface area contributed by atoms with Gasteiger partial charge in [0.25, 0.3) is 5.91 Å². The second-order valence-corrected chi connectivity index (χ2v) is 5.89. The van der Waals surface area contributed by atoms with Gasteiger partial charge in [0.1, 0.15) is 22.6 Å². The highest BCUT2D eigenvalue weighted by Crippen LogP contribution is 2.24. The van der Waals surface area contributed by atoms with E-state index in [2.05, 4.69) is 5.32 Å². The smallest absolute Gasteiger partial charge is 0.342 e. The first-order valence-corrected chi connectivity index (χ1v) is 7.46. The van der Waals surface area contributed by atoms with Crippen molar-refractivity contribution < 1.29 is 24.2 Å². The van der Waals surface area contributed by atoms with E-state index in [0.717, 1.165) is 0 Å². The average Bonchev–Trinajstić information content (AvgIpc) is 2.53. The van der Waals surface area contributed by atoms with Gasteiger partial charge in [0, 0.05) is 6.07 Å². The van der Waals surface area contributed by atoms with Gasteiger partial charge in [-0.2, -0.15) is 5.26 Å². The summed E-state index contributed by atoms with van der Waals surface area (Å²) in [6.07, 6.45) is -1.12. The lowest BCUT2D eigenvalue weighted by Gasteiger charge is -2.28. The zero-order valence-corrected chi connectivity index (χ0v) is 14.4. The number of nitriles is 1. The molecule has 0 bridgehead atoms. The zero-order chi connectivity index (χ0) is 18.5. The number of aromatic hydroxyl groups is 1. The number of amides is 1. The number of esters is 1. The number of carbonyl (C=O) groups excluding carboxylic acids is 2. The Morgan fingerprint density at radius 2 is 1.96 bits per heavy atom. The van der Waals surface area contributed by atoms with E-state index in [1.165, 1.54) is 32.2 Å². The molecule has 2 atom stereocenters. The molecular weight excluding hydrogens is 312 g/mol. The van der Waals surface area contributed by atoms with Crippen LogP contribution in [-0.4, -0.2) is 35.7 Å². The molecule has 0 saturated heterocycles. The fourth-order valence-corrected chi connectivity index (χ4v) is 1.75. The molecule has 1 aromatic carbocycles. The first-order valence-electron chi connectivity index (χ1n) is 7.46. The van der Waals surface area contributed by atoms with Crippen LogP contribution in [0, 0.1) is 17.2 Å². The van der Waals surface area contributed by atoms with E-state index in [-0.39, 0.29) is 17.2 Å². The van der Waals surface area contributed by atoms with Crippen molar-refractivity contribution in [2.24, 2.45) is 5.92 Å². The minimum Gasteiger partial charge on any atom is -0.507 e. The van der Waals surface area contributed by atoms with E-state index >= 15 is 0 Å². The topological polar surface area (TPSA) is 109 Å². The molecule has 1 rings (SSSR count). The molecule has 24 heavy (non-hydrogen) atoms. The molecule has 0 unspecified atom stereocenters. The Morgan fingerprint density at radius 3 is 2.42 bits per heavy atom. The normalized spacial score (nSPS) is 14.2. The molecule has 0 radical (unpaired) electrons. The largest absolute Gasteiger partial charge is 0.507 e. The zero-order valence-electron chi connectivity index (χ0n) is 14.4. The highest BCUT2D eigenvalue weighted by atomic mass is 16.5. The molecule has 0 spiro atoms. The van der Waals surface area contributed by atoms with Gasteiger partial charge in [0.2, 0.25) is 0 Å². The summed E-state index contributed by atoms with van der Waals surface area (Å²) < 4.78 is 9.99. The summed E-state index contributed by atoms with van der Waals surface area (Å²) in [7, 11) is 1.43. The van der Waals surface area contributed by atoms with Crippen molar-refractivity contribution in [3.63, 3.8) is 0 Å². The Kier molecular flexibility index (Phi) is 6.18. The molecule has 130 valence electrons. The van der Waals surface area contributed by atoms with Crippen LogP contribution in [-0.2, 0) is 9.53 Å². The van der Waals surface area contributed by atoms with Crippen LogP contribution in [0.4, 0.5) is 0 Å². The Balaban J connectivity index is 2.80. The number of rotatable bonds is 6. The van der Waals surface area contributed by atoms with Crippen molar-refractivity contribution in [1.82, 2.24) is 5.32 Å². The number of ether oxygens (including phenoxy) is 2. The van der Waals surface area contributed by atoms with Crippen molar-refractivity contribution in [1.29, 1.82) is 5.26 Å². The summed E-state index contributed by atoms with van der Waals surface area (Å²) in [6, 6.07) is 6.15. The average molecular weight is 334 g/mol. The lowest BCUT2D eigenvalue weighted by molar-refractivity contribution is -0.130. The number of nitrogens with zero attached hydrogens (tertiary/aromatic N) is 1. The molecule has 0 aromatic heterocycles. The molecule has 0 fully saturated rings. The molecule has 7 nitrogen and oxygen atoms in total. The number of nitrogens with one attached hydrogen (secondary N) is 1. The van der Waals surface area contributed by atoms with Gasteiger partial charge in [-0.25, -0.2) is 4.79 Å². The number of carbonyl (C=O) groups is 2. The summed E-state index contributed by atoms with van der Waals surface area (Å²) in [5, 5.41) is 21.6. The van der Waals surface area contributed by atoms with Crippen molar-refractivity contribution in [2.45, 2.75) is 39.3 Å². The quantitative estimate of drug-likeness (QED) is 0.770. The van der Waals surface area contributed by atoms with Crippen LogP contribution in [0.5, 0.6) is 11.5 Å². The number of phenols is 1. The third-order valence-electron chi connectivity index (χ3n) is 3.85. The van der Waals surface area contributed by atoms with E-state index in [1.54, 1.807) is 20.8 Å². The summed E-state index contributed by atoms with van der Waals surface area (Å²) >= 11 is 0. The third-order valence-corrected chi connectivity index (χ3v) is 3.85. The fraction of sp³-hybridized carbons (Fsp3) is 0.471. The Morgan fingerprint density at radius 1 is 1.33 bits per heavy atom. The van der Waals surface area contributed by atoms with E-state index in [1.807, 2.05) is 6.07 Å². The van der Waals surface area contributed by atoms with Crippen molar-refractivity contribution in [3.8, 4) is 17.6 Å². The van der Waals surface area contributed by atoms with Crippen LogP contribution in [0.1, 0.15) is 38.1 Å². The fourth-order valence-electron chi connectivity index (χ4n) is 1.75. The molecule has 0 saturated carbocycles. The number of hydrogen-bond donors (Lipinski definition) is 2. The first kappa shape index (κ1) is 19.3. The number of benzene rings is 1. The van der Waals surface area contributed by atoms with Crippen LogP contribution in [0.2, 0.25) is 0 Å². The minimum absolute atomic E-state index is 0.0812. The lowest BCUT2D eigenvalue weighted by atomic mass is 9.90. The van der Waals surface area contributed by atoms with Crippen LogP contribution < -0.4 is 10.1 Å². The number of methoxy groups -OCH3 is 1. The standard InChI is InChI=1S/C17H22N2O5/c1-10(2)17(4,9-18)19-15(21)11(3)24-16(22)13-7-6-12(23-5)8-14(13)20/h6-8,10-11,20H,1-5H3,(H,19,21)/t11-,17+/m1/s1. The highest BCUT2D eigenvalue weighted by Gasteiger charge is 2.32. The van der Waals surface area contributed by atoms with Gasteiger partial charge in [-0.3, -0.25) is 4.79 Å². The van der Waals surface area contributed by atoms with E-state index in [9.17, 15) is 20.0 Å². The molecule has 7 heteroatoms. The third kappa shape index (κ3) is 4.38. The van der Waals surface area contributed by atoms with Crippen LogP contribution in [0.25, 0.3) is 0 Å². The van der Waals surface area contributed by atoms with Crippen molar-refractivity contribution in [3.05, 3.63) is 23.8 Å². The predicted octanol–water partition coefficient (Wildman–Crippen LogP) is 2.00. The van der Waals surface area contributed by atoms with Gasteiger partial charge in [-0.05, 0) is 31.9 Å². The maximum atomic E-state index is 12.2. The summed E-state index contributed by atoms with van der Waals surface area (Å²) in [5.41, 5.74) is -1.15.